The number of nitrogen functional groups attached to an aromatic ring is 1. The van der Waals surface area contributed by atoms with Gasteiger partial charge in [0.25, 0.3) is 0 Å². The van der Waals surface area contributed by atoms with Gasteiger partial charge in [0.1, 0.15) is 41.8 Å². The molecular formula is C34H31F2N7O3S. The summed E-state index contributed by atoms with van der Waals surface area (Å²) in [5, 5.41) is 21.4. The van der Waals surface area contributed by atoms with Gasteiger partial charge in [-0.05, 0) is 50.1 Å². The van der Waals surface area contributed by atoms with Gasteiger partial charge in [0.05, 0.1) is 38.3 Å². The largest absolute Gasteiger partial charge is 0.471 e. The molecule has 0 saturated carbocycles. The highest BCUT2D eigenvalue weighted by molar-refractivity contribution is 7.23. The average molecular weight is 656 g/mol. The van der Waals surface area contributed by atoms with Crippen LogP contribution in [0.25, 0.3) is 32.1 Å². The third-order valence-corrected chi connectivity index (χ3v) is 10.8. The van der Waals surface area contributed by atoms with Gasteiger partial charge in [0.2, 0.25) is 11.8 Å². The van der Waals surface area contributed by atoms with Gasteiger partial charge in [-0.15, -0.1) is 11.3 Å². The Balaban J connectivity index is 1.36. The van der Waals surface area contributed by atoms with E-state index >= 15 is 0 Å². The Bertz CT molecular complexity index is 2040. The minimum absolute atomic E-state index is 0.0314. The van der Waals surface area contributed by atoms with Crippen molar-refractivity contribution in [3.63, 3.8) is 0 Å². The first-order valence-electron chi connectivity index (χ1n) is 15.5. The molecule has 0 unspecified atom stereocenters. The van der Waals surface area contributed by atoms with E-state index in [9.17, 15) is 24.1 Å². The molecule has 4 aromatic rings. The van der Waals surface area contributed by atoms with Crippen molar-refractivity contribution in [1.29, 1.82) is 10.5 Å². The van der Waals surface area contributed by atoms with Gasteiger partial charge in [-0.3, -0.25) is 9.69 Å². The molecule has 3 saturated heterocycles. The predicted octanol–water partition coefficient (Wildman–Crippen LogP) is 5.49. The fourth-order valence-electron chi connectivity index (χ4n) is 7.45. The molecule has 240 valence electrons. The molecule has 7 rings (SSSR count). The Labute approximate surface area is 273 Å². The maximum absolute atomic E-state index is 14.9. The number of carbonyl (C=O) groups excluding carboxylic acids is 1. The first kappa shape index (κ1) is 30.8. The summed E-state index contributed by atoms with van der Waals surface area (Å²) < 4.78 is 42.3. The fourth-order valence-corrected chi connectivity index (χ4v) is 8.40. The van der Waals surface area contributed by atoms with Crippen LogP contribution in [0.1, 0.15) is 43.7 Å². The SMILES string of the molecule is C=CC(=O)N1CC[C@@H](Oc2nc(OC[C@@]34CCCN3C[C@H](F)C4)nc3c(C#N)c(-c4ccc(F)c5sc(N)c(C#N)c45)ccc23)[C@H]1C. The van der Waals surface area contributed by atoms with Gasteiger partial charge in [-0.2, -0.15) is 20.5 Å². The summed E-state index contributed by atoms with van der Waals surface area (Å²) in [5.74, 6) is -0.543. The number of nitriles is 2. The Kier molecular flexibility index (Phi) is 7.69. The standard InChI is InChI=1S/C34H31F2N7O3S/c1-3-27(44)43-12-9-26(18(43)2)46-32-22-6-5-20(21-7-8-25(36)30-28(21)24(15-38)31(39)47-30)23(14-37)29(22)40-33(41-32)45-17-34-10-4-11-42(34)16-19(35)13-34/h3,5-8,18-19,26H,1,4,9-13,16-17,39H2,2H3/t18-,19-,26-,34+/m1/s1. The second-order valence-electron chi connectivity index (χ2n) is 12.3. The number of hydrogen-bond donors (Lipinski definition) is 1. The molecule has 3 aliphatic heterocycles. The molecule has 0 bridgehead atoms. The maximum atomic E-state index is 14.9. The molecule has 0 spiro atoms. The third-order valence-electron chi connectivity index (χ3n) is 9.78. The summed E-state index contributed by atoms with van der Waals surface area (Å²) in [4.78, 5) is 25.6. The molecule has 2 aromatic carbocycles. The van der Waals surface area contributed by atoms with Crippen LogP contribution in [0.5, 0.6) is 11.9 Å². The van der Waals surface area contributed by atoms with Crippen LogP contribution in [-0.4, -0.2) is 75.8 Å². The van der Waals surface area contributed by atoms with Gasteiger partial charge in [0.15, 0.2) is 0 Å². The summed E-state index contributed by atoms with van der Waals surface area (Å²) >= 11 is 0.975. The van der Waals surface area contributed by atoms with Crippen molar-refractivity contribution in [2.45, 2.75) is 56.5 Å². The summed E-state index contributed by atoms with van der Waals surface area (Å²) in [7, 11) is 0. The lowest BCUT2D eigenvalue weighted by molar-refractivity contribution is -0.127. The van der Waals surface area contributed by atoms with E-state index in [2.05, 4.69) is 28.6 Å². The highest BCUT2D eigenvalue weighted by Gasteiger charge is 2.49. The minimum Gasteiger partial charge on any atom is -0.471 e. The molecule has 3 fully saturated rings. The zero-order valence-electron chi connectivity index (χ0n) is 25.6. The van der Waals surface area contributed by atoms with Crippen LogP contribution in [0, 0.1) is 28.5 Å². The van der Waals surface area contributed by atoms with Crippen molar-refractivity contribution in [3.05, 3.63) is 53.9 Å². The number of likely N-dealkylation sites (tertiary alicyclic amines) is 1. The van der Waals surface area contributed by atoms with Gasteiger partial charge < -0.3 is 20.1 Å². The van der Waals surface area contributed by atoms with Crippen molar-refractivity contribution >= 4 is 43.2 Å². The second-order valence-corrected chi connectivity index (χ2v) is 13.4. The highest BCUT2D eigenvalue weighted by atomic mass is 32.1. The maximum Gasteiger partial charge on any atom is 0.320 e. The Hall–Kier alpha value is -4.85. The molecule has 5 heterocycles. The third kappa shape index (κ3) is 5.01. The Morgan fingerprint density at radius 3 is 2.77 bits per heavy atom. The molecule has 3 aliphatic rings. The summed E-state index contributed by atoms with van der Waals surface area (Å²) in [5.41, 5.74) is 7.03. The second kappa shape index (κ2) is 11.7. The van der Waals surface area contributed by atoms with Crippen molar-refractivity contribution < 1.29 is 23.0 Å². The minimum atomic E-state index is -0.940. The number of nitrogens with zero attached hydrogens (tertiary/aromatic N) is 6. The van der Waals surface area contributed by atoms with E-state index in [4.69, 9.17) is 20.2 Å². The van der Waals surface area contributed by atoms with Crippen LogP contribution < -0.4 is 15.2 Å². The van der Waals surface area contributed by atoms with Crippen molar-refractivity contribution in [3.8, 4) is 35.2 Å². The van der Waals surface area contributed by atoms with E-state index in [0.29, 0.717) is 47.8 Å². The number of thiophene rings is 1. The Morgan fingerprint density at radius 1 is 1.21 bits per heavy atom. The molecule has 10 nitrogen and oxygen atoms in total. The number of benzene rings is 2. The zero-order chi connectivity index (χ0) is 33.0. The number of ether oxygens (including phenoxy) is 2. The first-order chi connectivity index (χ1) is 22.7. The first-order valence-corrected chi connectivity index (χ1v) is 16.3. The lowest BCUT2D eigenvalue weighted by Gasteiger charge is -2.31. The fraction of sp³-hybridized carbons (Fsp3) is 0.382. The Morgan fingerprint density at radius 2 is 2.00 bits per heavy atom. The predicted molar refractivity (Wildman–Crippen MR) is 173 cm³/mol. The van der Waals surface area contributed by atoms with E-state index in [1.54, 1.807) is 17.0 Å². The molecule has 0 aliphatic carbocycles. The van der Waals surface area contributed by atoms with E-state index in [1.807, 2.05) is 6.92 Å². The molecular weight excluding hydrogens is 624 g/mol. The lowest BCUT2D eigenvalue weighted by Crippen LogP contribution is -2.43. The van der Waals surface area contributed by atoms with Gasteiger partial charge in [-0.25, -0.2) is 8.78 Å². The normalized spacial score (nSPS) is 23.9. The number of anilines is 1. The number of halogens is 2. The highest BCUT2D eigenvalue weighted by Crippen LogP contribution is 2.44. The quantitative estimate of drug-likeness (QED) is 0.256. The monoisotopic (exact) mass is 655 g/mol. The molecule has 13 heteroatoms. The number of rotatable bonds is 7. The summed E-state index contributed by atoms with van der Waals surface area (Å²) in [6.07, 6.45) is 2.55. The van der Waals surface area contributed by atoms with Gasteiger partial charge >= 0.3 is 6.01 Å². The average Bonchev–Trinajstić information content (AvgIpc) is 3.80. The number of carbonyl (C=O) groups is 1. The summed E-state index contributed by atoms with van der Waals surface area (Å²) in [6.45, 7) is 7.29. The zero-order valence-corrected chi connectivity index (χ0v) is 26.4. The molecule has 0 radical (unpaired) electrons. The number of amides is 1. The molecule has 2 N–H and O–H groups in total. The topological polar surface area (TPSA) is 141 Å². The van der Waals surface area contributed by atoms with Crippen LogP contribution in [0.2, 0.25) is 0 Å². The van der Waals surface area contributed by atoms with Crippen LogP contribution in [-0.2, 0) is 4.79 Å². The number of aromatic nitrogens is 2. The van der Waals surface area contributed by atoms with Crippen LogP contribution in [0.4, 0.5) is 13.8 Å². The van der Waals surface area contributed by atoms with Crippen molar-refractivity contribution in [1.82, 2.24) is 19.8 Å². The van der Waals surface area contributed by atoms with Crippen LogP contribution in [0.15, 0.2) is 36.9 Å². The number of nitrogens with two attached hydrogens (primary N) is 1. The molecule has 47 heavy (non-hydrogen) atoms. The van der Waals surface area contributed by atoms with Crippen LogP contribution >= 0.6 is 11.3 Å². The van der Waals surface area contributed by atoms with Gasteiger partial charge in [-0.1, -0.05) is 18.7 Å². The van der Waals surface area contributed by atoms with Crippen molar-refractivity contribution in [2.75, 3.05) is 32.0 Å². The van der Waals surface area contributed by atoms with E-state index in [1.165, 1.54) is 18.2 Å². The van der Waals surface area contributed by atoms with E-state index in [0.717, 1.165) is 30.7 Å². The molecule has 4 atom stereocenters. The van der Waals surface area contributed by atoms with Gasteiger partial charge in [0, 0.05) is 36.9 Å². The summed E-state index contributed by atoms with van der Waals surface area (Å²) in [6, 6.07) is 10.2. The van der Waals surface area contributed by atoms with E-state index in [-0.39, 0.29) is 56.8 Å². The molecule has 2 aromatic heterocycles. The number of alkyl halides is 1. The number of hydrogen-bond acceptors (Lipinski definition) is 10. The van der Waals surface area contributed by atoms with Crippen LogP contribution in [0.3, 0.4) is 0 Å². The van der Waals surface area contributed by atoms with E-state index < -0.39 is 23.6 Å². The van der Waals surface area contributed by atoms with Crippen molar-refractivity contribution in [2.24, 2.45) is 0 Å². The molecule has 1 amide bonds. The number of fused-ring (bicyclic) bond motifs is 3. The lowest BCUT2D eigenvalue weighted by atomic mass is 9.94. The smallest absolute Gasteiger partial charge is 0.320 e.